The highest BCUT2D eigenvalue weighted by atomic mass is 16.6. The van der Waals surface area contributed by atoms with Crippen molar-refractivity contribution < 1.29 is 23.8 Å². The van der Waals surface area contributed by atoms with Crippen molar-refractivity contribution in [1.82, 2.24) is 4.90 Å². The summed E-state index contributed by atoms with van der Waals surface area (Å²) in [6.07, 6.45) is 1.48. The molecule has 0 saturated carbocycles. The molecule has 0 aromatic rings. The Hall–Kier alpha value is -1.14. The fraction of sp³-hybridized carbons (Fsp3) is 0.867. The van der Waals surface area contributed by atoms with E-state index < -0.39 is 5.60 Å². The summed E-state index contributed by atoms with van der Waals surface area (Å²) in [6.45, 7) is 9.75. The molecule has 122 valence electrons. The number of likely N-dealkylation sites (tertiary alicyclic amines) is 1. The van der Waals surface area contributed by atoms with Crippen LogP contribution in [0.3, 0.4) is 0 Å². The minimum Gasteiger partial charge on any atom is -0.444 e. The van der Waals surface area contributed by atoms with Gasteiger partial charge in [0.2, 0.25) is 0 Å². The second kappa shape index (κ2) is 9.00. The largest absolute Gasteiger partial charge is 0.444 e. The molecule has 0 bridgehead atoms. The summed E-state index contributed by atoms with van der Waals surface area (Å²) in [7, 11) is 0. The molecule has 2 aliphatic heterocycles. The lowest BCUT2D eigenvalue weighted by molar-refractivity contribution is -0.118. The molecule has 2 fully saturated rings. The van der Waals surface area contributed by atoms with E-state index in [1.807, 2.05) is 20.8 Å². The minimum atomic E-state index is -0.465. The van der Waals surface area contributed by atoms with E-state index in [0.29, 0.717) is 25.9 Å². The third-order valence-corrected chi connectivity index (χ3v) is 2.94. The molecule has 2 aliphatic rings. The van der Waals surface area contributed by atoms with E-state index >= 15 is 0 Å². The number of amides is 1. The maximum absolute atomic E-state index is 11.7. The average molecular weight is 301 g/mol. The average Bonchev–Trinajstić information content (AvgIpc) is 2.64. The summed E-state index contributed by atoms with van der Waals surface area (Å²) >= 11 is 0. The predicted molar refractivity (Wildman–Crippen MR) is 78.3 cm³/mol. The second-order valence-electron chi connectivity index (χ2n) is 6.08. The summed E-state index contributed by atoms with van der Waals surface area (Å²) in [6, 6.07) is 0. The summed E-state index contributed by atoms with van der Waals surface area (Å²) in [5.74, 6) is 0.237. The summed E-state index contributed by atoms with van der Waals surface area (Å²) in [5.41, 5.74) is -0.465. The van der Waals surface area contributed by atoms with Crippen molar-refractivity contribution >= 4 is 11.9 Å². The van der Waals surface area contributed by atoms with Gasteiger partial charge in [-0.05, 0) is 27.2 Å². The van der Waals surface area contributed by atoms with Gasteiger partial charge in [-0.25, -0.2) is 4.79 Å². The third kappa shape index (κ3) is 8.67. The lowest BCUT2D eigenvalue weighted by atomic mass is 10.2. The van der Waals surface area contributed by atoms with Gasteiger partial charge in [-0.1, -0.05) is 0 Å². The van der Waals surface area contributed by atoms with E-state index in [4.69, 9.17) is 14.2 Å². The van der Waals surface area contributed by atoms with Crippen molar-refractivity contribution in [2.45, 2.75) is 45.6 Å². The Balaban J connectivity index is 0.000000304. The van der Waals surface area contributed by atoms with Crippen molar-refractivity contribution in [2.75, 3.05) is 39.5 Å². The van der Waals surface area contributed by atoms with E-state index in [-0.39, 0.29) is 11.9 Å². The quantitative estimate of drug-likeness (QED) is 0.685. The number of hydrogen-bond donors (Lipinski definition) is 0. The number of ketones is 1. The van der Waals surface area contributed by atoms with Gasteiger partial charge in [0.1, 0.15) is 11.4 Å². The van der Waals surface area contributed by atoms with E-state index in [2.05, 4.69) is 0 Å². The highest BCUT2D eigenvalue weighted by molar-refractivity contribution is 5.79. The number of carbonyl (C=O) groups is 2. The van der Waals surface area contributed by atoms with Crippen LogP contribution in [0, 0.1) is 0 Å². The fourth-order valence-electron chi connectivity index (χ4n) is 1.91. The first-order valence-electron chi connectivity index (χ1n) is 7.53. The van der Waals surface area contributed by atoms with Crippen molar-refractivity contribution in [3.05, 3.63) is 0 Å². The molecule has 0 aromatic heterocycles. The molecule has 6 heteroatoms. The molecule has 0 unspecified atom stereocenters. The van der Waals surface area contributed by atoms with Crippen LogP contribution in [0.1, 0.15) is 40.0 Å². The van der Waals surface area contributed by atoms with Crippen LogP contribution in [0.4, 0.5) is 4.79 Å². The first-order chi connectivity index (χ1) is 9.88. The maximum atomic E-state index is 11.7. The van der Waals surface area contributed by atoms with Crippen LogP contribution in [-0.4, -0.2) is 61.9 Å². The van der Waals surface area contributed by atoms with Crippen molar-refractivity contribution in [3.63, 3.8) is 0 Å². The molecule has 0 radical (unpaired) electrons. The molecular weight excluding hydrogens is 274 g/mol. The molecular formula is C15H27NO5. The third-order valence-electron chi connectivity index (χ3n) is 2.94. The highest BCUT2D eigenvalue weighted by Gasteiger charge is 2.24. The summed E-state index contributed by atoms with van der Waals surface area (Å²) in [4.78, 5) is 24.4. The molecule has 0 N–H and O–H groups in total. The molecule has 21 heavy (non-hydrogen) atoms. The molecule has 1 amide bonds. The normalized spacial score (nSPS) is 20.1. The number of hydrogen-bond acceptors (Lipinski definition) is 5. The van der Waals surface area contributed by atoms with Gasteiger partial charge in [-0.3, -0.25) is 4.79 Å². The zero-order valence-corrected chi connectivity index (χ0v) is 13.4. The van der Waals surface area contributed by atoms with E-state index in [9.17, 15) is 9.59 Å². The summed E-state index contributed by atoms with van der Waals surface area (Å²) in [5, 5.41) is 0. The van der Waals surface area contributed by atoms with Crippen LogP contribution in [0.2, 0.25) is 0 Å². The number of Topliss-reactive ketones (excluding diaryl/α,β-unsaturated/α-hetero) is 1. The molecule has 0 aromatic carbocycles. The van der Waals surface area contributed by atoms with Gasteiger partial charge >= 0.3 is 6.09 Å². The predicted octanol–water partition coefficient (Wildman–Crippen LogP) is 2.01. The van der Waals surface area contributed by atoms with Gasteiger partial charge in [-0.2, -0.15) is 0 Å². The fourth-order valence-corrected chi connectivity index (χ4v) is 1.91. The Bertz CT molecular complexity index is 322. The van der Waals surface area contributed by atoms with Crippen molar-refractivity contribution in [2.24, 2.45) is 0 Å². The minimum absolute atomic E-state index is 0.237. The maximum Gasteiger partial charge on any atom is 0.410 e. The van der Waals surface area contributed by atoms with Crippen molar-refractivity contribution in [3.8, 4) is 0 Å². The van der Waals surface area contributed by atoms with E-state index in [1.54, 1.807) is 4.90 Å². The first-order valence-corrected chi connectivity index (χ1v) is 7.53. The molecule has 6 nitrogen and oxygen atoms in total. The molecule has 2 rings (SSSR count). The number of rotatable bonds is 0. The molecule has 2 heterocycles. The number of ether oxygens (including phenoxy) is 3. The van der Waals surface area contributed by atoms with Gasteiger partial charge in [-0.15, -0.1) is 0 Å². The summed E-state index contributed by atoms with van der Waals surface area (Å²) < 4.78 is 15.1. The monoisotopic (exact) mass is 301 g/mol. The van der Waals surface area contributed by atoms with Crippen LogP contribution in [0.5, 0.6) is 0 Å². The molecule has 0 aliphatic carbocycles. The molecule has 2 saturated heterocycles. The highest BCUT2D eigenvalue weighted by Crippen LogP contribution is 2.13. The lowest BCUT2D eigenvalue weighted by Crippen LogP contribution is -2.37. The Labute approximate surface area is 126 Å². The van der Waals surface area contributed by atoms with Crippen LogP contribution in [0.25, 0.3) is 0 Å². The lowest BCUT2D eigenvalue weighted by Gasteiger charge is -2.26. The van der Waals surface area contributed by atoms with Gasteiger partial charge < -0.3 is 19.1 Å². The number of nitrogens with zero attached hydrogens (tertiary/aromatic N) is 1. The van der Waals surface area contributed by atoms with Crippen LogP contribution >= 0.6 is 0 Å². The van der Waals surface area contributed by atoms with Crippen LogP contribution < -0.4 is 0 Å². The second-order valence-corrected chi connectivity index (χ2v) is 6.08. The van der Waals surface area contributed by atoms with Gasteiger partial charge in [0.25, 0.3) is 0 Å². The molecule has 0 spiro atoms. The smallest absolute Gasteiger partial charge is 0.410 e. The van der Waals surface area contributed by atoms with Gasteiger partial charge in [0, 0.05) is 25.9 Å². The van der Waals surface area contributed by atoms with Gasteiger partial charge in [0.05, 0.1) is 26.4 Å². The zero-order valence-electron chi connectivity index (χ0n) is 13.4. The Morgan fingerprint density at radius 1 is 1.05 bits per heavy atom. The first kappa shape index (κ1) is 17.9. The van der Waals surface area contributed by atoms with Gasteiger partial charge in [0.15, 0.2) is 0 Å². The van der Waals surface area contributed by atoms with E-state index in [0.717, 1.165) is 32.8 Å². The topological polar surface area (TPSA) is 65.1 Å². The van der Waals surface area contributed by atoms with Crippen LogP contribution in [-0.2, 0) is 19.0 Å². The van der Waals surface area contributed by atoms with Crippen molar-refractivity contribution in [1.29, 1.82) is 0 Å². The van der Waals surface area contributed by atoms with Crippen LogP contribution in [0.15, 0.2) is 0 Å². The Morgan fingerprint density at radius 2 is 1.62 bits per heavy atom. The zero-order chi connectivity index (χ0) is 15.7. The Morgan fingerprint density at radius 3 is 2.10 bits per heavy atom. The number of carbonyl (C=O) groups excluding carboxylic acids is 2. The SMILES string of the molecule is C1COCCO1.CC(C)(C)OC(=O)N1CCCC(=O)CC1. The Kier molecular flexibility index (Phi) is 7.67. The standard InChI is InChI=1S/C11H19NO3.C4H8O2/c1-11(2,3)15-10(14)12-7-4-5-9(13)6-8-12;1-2-6-4-3-5-1/h4-8H2,1-3H3;1-4H2. The van der Waals surface area contributed by atoms with E-state index in [1.165, 1.54) is 0 Å². The molecule has 0 atom stereocenters.